The van der Waals surface area contributed by atoms with E-state index in [1.54, 1.807) is 24.3 Å². The van der Waals surface area contributed by atoms with Gasteiger partial charge in [0.2, 0.25) is 17.7 Å². The fourth-order valence-corrected chi connectivity index (χ4v) is 3.03. The number of ether oxygens (including phenoxy) is 1. The summed E-state index contributed by atoms with van der Waals surface area (Å²) >= 11 is 5.84. The van der Waals surface area contributed by atoms with Crippen molar-refractivity contribution in [2.75, 3.05) is 16.4 Å². The molecule has 1 aliphatic rings. The Kier molecular flexibility index (Phi) is 5.43. The number of anilines is 3. The molecule has 4 N–H and O–H groups in total. The van der Waals surface area contributed by atoms with Gasteiger partial charge in [-0.1, -0.05) is 11.6 Å². The predicted molar refractivity (Wildman–Crippen MR) is 113 cm³/mol. The van der Waals surface area contributed by atoms with Crippen molar-refractivity contribution in [1.82, 2.24) is 9.97 Å². The summed E-state index contributed by atoms with van der Waals surface area (Å²) in [6.07, 6.45) is 2.00. The highest BCUT2D eigenvalue weighted by Gasteiger charge is 2.56. The van der Waals surface area contributed by atoms with Gasteiger partial charge in [0.15, 0.2) is 11.6 Å². The summed E-state index contributed by atoms with van der Waals surface area (Å²) in [5.41, 5.74) is 5.08. The standard InChI is InChI=1S/C21H17ClFN5O3/c22-12-1-3-13(4-2-12)27-19(29)21(7-8-21)20(30)28-14-5-6-16(15(23)9-14)31-18-10-17(24)25-11-26-18/h1-6,9-11H,7-8H2,(H,27,29)(H,28,30)(H2,24,25,26). The lowest BCUT2D eigenvalue weighted by Gasteiger charge is -2.16. The molecule has 0 radical (unpaired) electrons. The van der Waals surface area contributed by atoms with Crippen molar-refractivity contribution < 1.29 is 18.7 Å². The lowest BCUT2D eigenvalue weighted by Crippen LogP contribution is -2.35. The van der Waals surface area contributed by atoms with Gasteiger partial charge < -0.3 is 21.1 Å². The van der Waals surface area contributed by atoms with Crippen molar-refractivity contribution >= 4 is 40.6 Å². The number of halogens is 2. The number of nitrogens with one attached hydrogen (secondary N) is 2. The SMILES string of the molecule is Nc1cc(Oc2ccc(NC(=O)C3(C(=O)Nc4ccc(Cl)cc4)CC3)cc2F)ncn1. The molecule has 1 fully saturated rings. The molecule has 0 saturated heterocycles. The van der Waals surface area contributed by atoms with E-state index >= 15 is 0 Å². The van der Waals surface area contributed by atoms with Gasteiger partial charge in [0.05, 0.1) is 0 Å². The molecule has 2 aromatic carbocycles. The molecular formula is C21H17ClFN5O3. The van der Waals surface area contributed by atoms with Crippen molar-refractivity contribution in [3.8, 4) is 11.6 Å². The second kappa shape index (κ2) is 8.19. The number of amides is 2. The van der Waals surface area contributed by atoms with Gasteiger partial charge in [0, 0.05) is 28.5 Å². The van der Waals surface area contributed by atoms with Gasteiger partial charge in [-0.3, -0.25) is 9.59 Å². The molecule has 158 valence electrons. The van der Waals surface area contributed by atoms with Gasteiger partial charge in [-0.2, -0.15) is 0 Å². The highest BCUT2D eigenvalue weighted by Crippen LogP contribution is 2.47. The van der Waals surface area contributed by atoms with E-state index in [0.717, 1.165) is 6.07 Å². The van der Waals surface area contributed by atoms with E-state index in [2.05, 4.69) is 20.6 Å². The van der Waals surface area contributed by atoms with Crippen LogP contribution in [0.5, 0.6) is 11.6 Å². The van der Waals surface area contributed by atoms with Gasteiger partial charge in [0.1, 0.15) is 17.6 Å². The van der Waals surface area contributed by atoms with E-state index in [1.165, 1.54) is 24.5 Å². The Bertz CT molecular complexity index is 1150. The second-order valence-corrected chi connectivity index (χ2v) is 7.46. The van der Waals surface area contributed by atoms with Crippen LogP contribution in [0.3, 0.4) is 0 Å². The maximum atomic E-state index is 14.4. The van der Waals surface area contributed by atoms with Crippen LogP contribution in [0, 0.1) is 11.2 Å². The number of nitrogens with two attached hydrogens (primary N) is 1. The van der Waals surface area contributed by atoms with Crippen molar-refractivity contribution in [3.05, 3.63) is 65.7 Å². The number of hydrogen-bond donors (Lipinski definition) is 3. The van der Waals surface area contributed by atoms with Crippen molar-refractivity contribution in [2.45, 2.75) is 12.8 Å². The maximum absolute atomic E-state index is 14.4. The Morgan fingerprint density at radius 1 is 1.00 bits per heavy atom. The average Bonchev–Trinajstić information content (AvgIpc) is 3.54. The maximum Gasteiger partial charge on any atom is 0.240 e. The third-order valence-electron chi connectivity index (χ3n) is 4.79. The summed E-state index contributed by atoms with van der Waals surface area (Å²) < 4.78 is 19.8. The van der Waals surface area contributed by atoms with E-state index in [4.69, 9.17) is 22.1 Å². The number of nitrogens with zero attached hydrogens (tertiary/aromatic N) is 2. The molecule has 8 nitrogen and oxygen atoms in total. The lowest BCUT2D eigenvalue weighted by molar-refractivity contribution is -0.131. The Morgan fingerprint density at radius 3 is 2.26 bits per heavy atom. The van der Waals surface area contributed by atoms with Crippen LogP contribution in [0.15, 0.2) is 54.9 Å². The van der Waals surface area contributed by atoms with Gasteiger partial charge in [-0.05, 0) is 49.2 Å². The van der Waals surface area contributed by atoms with E-state index in [0.29, 0.717) is 23.6 Å². The van der Waals surface area contributed by atoms with Crippen molar-refractivity contribution in [1.29, 1.82) is 0 Å². The van der Waals surface area contributed by atoms with E-state index in [9.17, 15) is 14.0 Å². The topological polar surface area (TPSA) is 119 Å². The second-order valence-electron chi connectivity index (χ2n) is 7.03. The number of nitrogen functional groups attached to an aromatic ring is 1. The molecular weight excluding hydrogens is 425 g/mol. The molecule has 10 heteroatoms. The van der Waals surface area contributed by atoms with E-state index in [1.807, 2.05) is 0 Å². The first-order chi connectivity index (χ1) is 14.9. The third kappa shape index (κ3) is 4.56. The Labute approximate surface area is 181 Å². The van der Waals surface area contributed by atoms with Crippen LogP contribution in [-0.2, 0) is 9.59 Å². The number of carbonyl (C=O) groups is 2. The number of carbonyl (C=O) groups excluding carboxylic acids is 2. The highest BCUT2D eigenvalue weighted by molar-refractivity contribution is 6.30. The van der Waals surface area contributed by atoms with Crippen LogP contribution >= 0.6 is 11.6 Å². The molecule has 3 aromatic rings. The first-order valence-electron chi connectivity index (χ1n) is 9.29. The Balaban J connectivity index is 1.42. The summed E-state index contributed by atoms with van der Waals surface area (Å²) in [7, 11) is 0. The molecule has 31 heavy (non-hydrogen) atoms. The van der Waals surface area contributed by atoms with Gasteiger partial charge in [0.25, 0.3) is 0 Å². The first-order valence-corrected chi connectivity index (χ1v) is 9.67. The number of rotatable bonds is 6. The summed E-state index contributed by atoms with van der Waals surface area (Å²) in [4.78, 5) is 32.9. The monoisotopic (exact) mass is 441 g/mol. The molecule has 1 heterocycles. The fourth-order valence-electron chi connectivity index (χ4n) is 2.90. The third-order valence-corrected chi connectivity index (χ3v) is 5.04. The van der Waals surface area contributed by atoms with Crippen LogP contribution in [0.1, 0.15) is 12.8 Å². The molecule has 0 spiro atoms. The largest absolute Gasteiger partial charge is 0.436 e. The minimum Gasteiger partial charge on any atom is -0.436 e. The smallest absolute Gasteiger partial charge is 0.240 e. The van der Waals surface area contributed by atoms with Crippen LogP contribution in [-0.4, -0.2) is 21.8 Å². The highest BCUT2D eigenvalue weighted by atomic mass is 35.5. The van der Waals surface area contributed by atoms with Gasteiger partial charge in [-0.15, -0.1) is 0 Å². The summed E-state index contributed by atoms with van der Waals surface area (Å²) in [6.45, 7) is 0. The molecule has 0 atom stereocenters. The number of hydrogen-bond acceptors (Lipinski definition) is 6. The van der Waals surface area contributed by atoms with Crippen molar-refractivity contribution in [2.24, 2.45) is 5.41 Å². The molecule has 0 bridgehead atoms. The van der Waals surface area contributed by atoms with Crippen LogP contribution < -0.4 is 21.1 Å². The van der Waals surface area contributed by atoms with Crippen LogP contribution in [0.25, 0.3) is 0 Å². The molecule has 0 unspecified atom stereocenters. The fraction of sp³-hybridized carbons (Fsp3) is 0.143. The normalized spacial score (nSPS) is 13.9. The quantitative estimate of drug-likeness (QED) is 0.497. The summed E-state index contributed by atoms with van der Waals surface area (Å²) in [5, 5.41) is 5.85. The predicted octanol–water partition coefficient (Wildman–Crippen LogP) is 4.00. The molecule has 0 aliphatic heterocycles. The minimum absolute atomic E-state index is 0.0824. The summed E-state index contributed by atoms with van der Waals surface area (Å²) in [6, 6.07) is 11.8. The Hall–Kier alpha value is -3.72. The van der Waals surface area contributed by atoms with Crippen molar-refractivity contribution in [3.63, 3.8) is 0 Å². The van der Waals surface area contributed by atoms with Crippen LogP contribution in [0.4, 0.5) is 21.6 Å². The summed E-state index contributed by atoms with van der Waals surface area (Å²) in [5.74, 6) is -1.48. The number of aromatic nitrogens is 2. The van der Waals surface area contributed by atoms with E-state index in [-0.39, 0.29) is 23.1 Å². The molecule has 4 rings (SSSR count). The lowest BCUT2D eigenvalue weighted by atomic mass is 10.0. The zero-order chi connectivity index (χ0) is 22.0. The van der Waals surface area contributed by atoms with Gasteiger partial charge in [-0.25, -0.2) is 14.4 Å². The minimum atomic E-state index is -1.19. The van der Waals surface area contributed by atoms with Gasteiger partial charge >= 0.3 is 0 Å². The Morgan fingerprint density at radius 2 is 1.65 bits per heavy atom. The number of benzene rings is 2. The zero-order valence-electron chi connectivity index (χ0n) is 16.1. The molecule has 2 amide bonds. The van der Waals surface area contributed by atoms with E-state index < -0.39 is 23.0 Å². The molecule has 1 aliphatic carbocycles. The van der Waals surface area contributed by atoms with Crippen LogP contribution in [0.2, 0.25) is 5.02 Å². The molecule has 1 saturated carbocycles. The first kappa shape index (κ1) is 20.5. The zero-order valence-corrected chi connectivity index (χ0v) is 16.8. The average molecular weight is 442 g/mol. The molecule has 1 aromatic heterocycles.